The molecular weight excluding hydrogens is 344 g/mol. The number of carbonyl (C=O) groups is 2. The van der Waals surface area contributed by atoms with Crippen molar-refractivity contribution in [3.63, 3.8) is 0 Å². The van der Waals surface area contributed by atoms with E-state index < -0.39 is 29.3 Å². The van der Waals surface area contributed by atoms with Gasteiger partial charge in [-0.05, 0) is 12.0 Å². The smallest absolute Gasteiger partial charge is 0.408 e. The van der Waals surface area contributed by atoms with E-state index in [9.17, 15) is 19.8 Å². The lowest BCUT2D eigenvalue weighted by Crippen LogP contribution is -2.71. The number of amides is 1. The molecule has 1 amide bonds. The number of likely N-dealkylation sites (N-methyl/N-ethyl adjacent to an activating group) is 1. The van der Waals surface area contributed by atoms with Gasteiger partial charge < -0.3 is 10.2 Å². The first-order chi connectivity index (χ1) is 11.6. The molecule has 7 heteroatoms. The molecule has 25 heavy (non-hydrogen) atoms. The van der Waals surface area contributed by atoms with Crippen LogP contribution in [-0.2, 0) is 11.2 Å². The summed E-state index contributed by atoms with van der Waals surface area (Å²) in [6, 6.07) is 8.82. The van der Waals surface area contributed by atoms with Crippen molar-refractivity contribution >= 4 is 24.0 Å². The molecule has 0 saturated carbocycles. The number of nitrogens with one attached hydrogen (secondary N) is 1. The maximum atomic E-state index is 12.0. The van der Waals surface area contributed by atoms with Crippen molar-refractivity contribution < 1.29 is 19.8 Å². The summed E-state index contributed by atoms with van der Waals surface area (Å²) in [6.07, 6.45) is -1.22. The fraction of sp³-hybridized carbons (Fsp3) is 0.556. The van der Waals surface area contributed by atoms with Crippen molar-refractivity contribution in [2.75, 3.05) is 12.9 Å². The van der Waals surface area contributed by atoms with E-state index in [1.165, 1.54) is 7.05 Å². The molecule has 0 unspecified atom stereocenters. The Balaban J connectivity index is 3.27. The molecule has 0 radical (unpaired) electrons. The van der Waals surface area contributed by atoms with Gasteiger partial charge in [-0.2, -0.15) is 0 Å². The average Bonchev–Trinajstić information content (AvgIpc) is 2.57. The lowest BCUT2D eigenvalue weighted by atomic mass is 9.79. The highest BCUT2D eigenvalue weighted by molar-refractivity contribution is 6.18. The summed E-state index contributed by atoms with van der Waals surface area (Å²) in [5.41, 5.74) is -1.34. The summed E-state index contributed by atoms with van der Waals surface area (Å²) in [6.45, 7) is 5.29. The molecule has 0 fully saturated rings. The zero-order valence-electron chi connectivity index (χ0n) is 15.1. The predicted octanol–water partition coefficient (Wildman–Crippen LogP) is 2.34. The summed E-state index contributed by atoms with van der Waals surface area (Å²) < 4.78 is 0. The largest absolute Gasteiger partial charge is 0.465 e. The van der Waals surface area contributed by atoms with Crippen molar-refractivity contribution in [2.24, 2.45) is 5.41 Å². The molecule has 0 heterocycles. The molecule has 3 atom stereocenters. The van der Waals surface area contributed by atoms with Crippen LogP contribution in [0.5, 0.6) is 0 Å². The molecule has 6 nitrogen and oxygen atoms in total. The molecule has 0 aliphatic heterocycles. The Morgan fingerprint density at radius 3 is 2.28 bits per heavy atom. The first-order valence-electron chi connectivity index (χ1n) is 8.07. The van der Waals surface area contributed by atoms with Crippen LogP contribution in [-0.4, -0.2) is 58.2 Å². The molecule has 0 spiro atoms. The standard InChI is InChI=1S/C18H27ClN2O4/c1-17(2,3)18(12-22,21(4)16(24)25)20-14(15(23)11-19)10-13-8-6-5-7-9-13/h5-9,12,14-15,20,23H,10-11H2,1-4H3,(H,24,25)/t14-,15-,18+/m0/s1. The maximum Gasteiger partial charge on any atom is 0.408 e. The van der Waals surface area contributed by atoms with Gasteiger partial charge in [0.05, 0.1) is 6.10 Å². The van der Waals surface area contributed by atoms with E-state index in [0.29, 0.717) is 12.7 Å². The third-order valence-corrected chi connectivity index (χ3v) is 4.77. The number of carboxylic acid groups (broad SMARTS) is 1. The van der Waals surface area contributed by atoms with E-state index >= 15 is 0 Å². The maximum absolute atomic E-state index is 12.0. The molecule has 1 aromatic carbocycles. The fourth-order valence-corrected chi connectivity index (χ4v) is 3.01. The topological polar surface area (TPSA) is 89.9 Å². The molecule has 1 aromatic rings. The Labute approximate surface area is 153 Å². The van der Waals surface area contributed by atoms with Gasteiger partial charge >= 0.3 is 6.09 Å². The highest BCUT2D eigenvalue weighted by atomic mass is 35.5. The first kappa shape index (κ1) is 21.4. The number of nitrogens with zero attached hydrogens (tertiary/aromatic N) is 1. The predicted molar refractivity (Wildman–Crippen MR) is 97.8 cm³/mol. The van der Waals surface area contributed by atoms with E-state index in [0.717, 1.165) is 10.5 Å². The number of hydrogen-bond acceptors (Lipinski definition) is 4. The van der Waals surface area contributed by atoms with Crippen LogP contribution >= 0.6 is 11.6 Å². The Hall–Kier alpha value is -1.63. The molecule has 140 valence electrons. The van der Waals surface area contributed by atoms with E-state index in [1.54, 1.807) is 20.8 Å². The van der Waals surface area contributed by atoms with Gasteiger partial charge in [0.1, 0.15) is 0 Å². The van der Waals surface area contributed by atoms with Gasteiger partial charge in [0.2, 0.25) is 0 Å². The van der Waals surface area contributed by atoms with Gasteiger partial charge in [-0.1, -0.05) is 51.1 Å². The second-order valence-electron chi connectivity index (χ2n) is 7.14. The Morgan fingerprint density at radius 2 is 1.88 bits per heavy atom. The van der Waals surface area contributed by atoms with E-state index in [1.807, 2.05) is 30.3 Å². The van der Waals surface area contributed by atoms with Crippen LogP contribution in [0.25, 0.3) is 0 Å². The third-order valence-electron chi connectivity index (χ3n) is 4.46. The second-order valence-corrected chi connectivity index (χ2v) is 7.45. The minimum Gasteiger partial charge on any atom is -0.465 e. The van der Waals surface area contributed by atoms with Crippen LogP contribution in [0.4, 0.5) is 4.79 Å². The van der Waals surface area contributed by atoms with Crippen LogP contribution in [0.1, 0.15) is 26.3 Å². The summed E-state index contributed by atoms with van der Waals surface area (Å²) in [7, 11) is 1.33. The lowest BCUT2D eigenvalue weighted by Gasteiger charge is -2.48. The normalized spacial score (nSPS) is 16.6. The first-order valence-corrected chi connectivity index (χ1v) is 8.61. The molecular formula is C18H27ClN2O4. The van der Waals surface area contributed by atoms with Crippen LogP contribution in [0.2, 0.25) is 0 Å². The SMILES string of the molecule is CN(C(=O)O)[C@@](C=O)(N[C@@H](Cc1ccccc1)[C@@H](O)CCl)C(C)(C)C. The van der Waals surface area contributed by atoms with Crippen LogP contribution in [0.15, 0.2) is 30.3 Å². The summed E-state index contributed by atoms with van der Waals surface area (Å²) in [5, 5.41) is 22.9. The van der Waals surface area contributed by atoms with Crippen LogP contribution in [0, 0.1) is 5.41 Å². The Kier molecular flexibility index (Phi) is 7.41. The van der Waals surface area contributed by atoms with Gasteiger partial charge in [0, 0.05) is 24.4 Å². The minimum absolute atomic E-state index is 0.0413. The average molecular weight is 371 g/mol. The Morgan fingerprint density at radius 1 is 1.32 bits per heavy atom. The summed E-state index contributed by atoms with van der Waals surface area (Å²) in [5.74, 6) is -0.0413. The minimum atomic E-state index is -1.52. The molecule has 0 aliphatic carbocycles. The number of aldehydes is 1. The number of hydrogen-bond donors (Lipinski definition) is 3. The van der Waals surface area contributed by atoms with E-state index in [4.69, 9.17) is 11.6 Å². The molecule has 3 N–H and O–H groups in total. The van der Waals surface area contributed by atoms with Gasteiger partial charge in [0.15, 0.2) is 11.9 Å². The number of aliphatic hydroxyl groups excluding tert-OH is 1. The highest BCUT2D eigenvalue weighted by Crippen LogP contribution is 2.32. The Bertz CT molecular complexity index is 576. The lowest BCUT2D eigenvalue weighted by molar-refractivity contribution is -0.128. The molecule has 0 aliphatic rings. The van der Waals surface area contributed by atoms with Crippen molar-refractivity contribution in [3.8, 4) is 0 Å². The summed E-state index contributed by atoms with van der Waals surface area (Å²) in [4.78, 5) is 24.5. The van der Waals surface area contributed by atoms with Gasteiger partial charge in [-0.25, -0.2) is 4.79 Å². The van der Waals surface area contributed by atoms with Crippen molar-refractivity contribution in [3.05, 3.63) is 35.9 Å². The monoisotopic (exact) mass is 370 g/mol. The summed E-state index contributed by atoms with van der Waals surface area (Å²) >= 11 is 5.83. The molecule has 1 rings (SSSR count). The van der Waals surface area contributed by atoms with Crippen LogP contribution in [0.3, 0.4) is 0 Å². The van der Waals surface area contributed by atoms with Gasteiger partial charge in [-0.15, -0.1) is 11.6 Å². The molecule has 0 aromatic heterocycles. The van der Waals surface area contributed by atoms with Crippen LogP contribution < -0.4 is 5.32 Å². The van der Waals surface area contributed by atoms with Crippen molar-refractivity contribution in [1.82, 2.24) is 10.2 Å². The number of carbonyl (C=O) groups excluding carboxylic acids is 1. The second kappa shape index (κ2) is 8.65. The van der Waals surface area contributed by atoms with Crippen molar-refractivity contribution in [1.29, 1.82) is 0 Å². The fourth-order valence-electron chi connectivity index (χ4n) is 2.80. The van der Waals surface area contributed by atoms with Gasteiger partial charge in [-0.3, -0.25) is 15.0 Å². The third kappa shape index (κ3) is 4.93. The zero-order valence-corrected chi connectivity index (χ0v) is 15.8. The number of alkyl halides is 1. The zero-order chi connectivity index (χ0) is 19.3. The number of halogens is 1. The molecule has 0 bridgehead atoms. The number of benzene rings is 1. The number of aliphatic hydroxyl groups is 1. The van der Waals surface area contributed by atoms with E-state index in [-0.39, 0.29) is 5.88 Å². The van der Waals surface area contributed by atoms with E-state index in [2.05, 4.69) is 5.32 Å². The van der Waals surface area contributed by atoms with Crippen molar-refractivity contribution in [2.45, 2.75) is 45.0 Å². The quantitative estimate of drug-likeness (QED) is 0.371. The highest BCUT2D eigenvalue weighted by Gasteiger charge is 2.49. The van der Waals surface area contributed by atoms with Gasteiger partial charge in [0.25, 0.3) is 0 Å². The molecule has 0 saturated heterocycles. The number of rotatable bonds is 8.